The predicted molar refractivity (Wildman–Crippen MR) is 74.5 cm³/mol. The summed E-state index contributed by atoms with van der Waals surface area (Å²) in [5.74, 6) is -0.696. The van der Waals surface area contributed by atoms with Crippen molar-refractivity contribution in [3.63, 3.8) is 0 Å². The third-order valence-electron chi connectivity index (χ3n) is 4.26. The number of benzene rings is 1. The number of ether oxygens (including phenoxy) is 2. The van der Waals surface area contributed by atoms with Gasteiger partial charge < -0.3 is 14.6 Å². The molecular formula is C16H24O3. The highest BCUT2D eigenvalue weighted by atomic mass is 16.7. The van der Waals surface area contributed by atoms with E-state index in [9.17, 15) is 5.11 Å². The van der Waals surface area contributed by atoms with E-state index in [0.29, 0.717) is 12.5 Å². The zero-order valence-corrected chi connectivity index (χ0v) is 12.0. The Morgan fingerprint density at radius 3 is 2.53 bits per heavy atom. The van der Waals surface area contributed by atoms with Crippen LogP contribution in [0.4, 0.5) is 0 Å². The largest absolute Gasteiger partial charge is 0.371 e. The van der Waals surface area contributed by atoms with Crippen LogP contribution in [-0.2, 0) is 16.1 Å². The summed E-state index contributed by atoms with van der Waals surface area (Å²) in [6.07, 6.45) is 1.05. The number of hydrogen-bond acceptors (Lipinski definition) is 3. The van der Waals surface area contributed by atoms with Crippen LogP contribution >= 0.6 is 0 Å². The summed E-state index contributed by atoms with van der Waals surface area (Å²) in [6.45, 7) is 6.99. The summed E-state index contributed by atoms with van der Waals surface area (Å²) in [6, 6.07) is 9.97. The van der Waals surface area contributed by atoms with Crippen molar-refractivity contribution < 1.29 is 14.6 Å². The molecule has 0 bridgehead atoms. The molecule has 0 amide bonds. The van der Waals surface area contributed by atoms with Crippen LogP contribution in [0.15, 0.2) is 30.3 Å². The Morgan fingerprint density at radius 2 is 1.95 bits per heavy atom. The van der Waals surface area contributed by atoms with E-state index in [1.165, 1.54) is 0 Å². The van der Waals surface area contributed by atoms with Crippen molar-refractivity contribution in [3.8, 4) is 0 Å². The molecule has 1 aliphatic heterocycles. The standard InChI is InChI=1S/C16H24O3/c1-4-15-12(2)13(3)16(17,19-15)11-18-10-14-8-6-5-7-9-14/h5-9,12-13,15,17H,4,10-11H2,1-3H3/t12?,13?,15-,16-/m1/s1. The fourth-order valence-corrected chi connectivity index (χ4v) is 2.72. The van der Waals surface area contributed by atoms with Crippen LogP contribution in [0, 0.1) is 11.8 Å². The first-order chi connectivity index (χ1) is 9.07. The Labute approximate surface area is 115 Å². The highest BCUT2D eigenvalue weighted by molar-refractivity contribution is 5.13. The molecule has 1 saturated heterocycles. The number of hydrogen-bond donors (Lipinski definition) is 1. The first kappa shape index (κ1) is 14.5. The molecule has 0 aromatic heterocycles. The van der Waals surface area contributed by atoms with Gasteiger partial charge in [0.25, 0.3) is 0 Å². The van der Waals surface area contributed by atoms with E-state index in [1.807, 2.05) is 37.3 Å². The Kier molecular flexibility index (Phi) is 4.61. The Balaban J connectivity index is 1.88. The number of rotatable bonds is 5. The molecule has 4 atom stereocenters. The first-order valence-corrected chi connectivity index (χ1v) is 7.08. The summed E-state index contributed by atoms with van der Waals surface area (Å²) in [7, 11) is 0. The molecule has 1 fully saturated rings. The van der Waals surface area contributed by atoms with Crippen LogP contribution in [0.25, 0.3) is 0 Å². The van der Waals surface area contributed by atoms with Crippen LogP contribution in [0.2, 0.25) is 0 Å². The SMILES string of the molecule is CC[C@H]1O[C@](O)(COCc2ccccc2)C(C)C1C. The lowest BCUT2D eigenvalue weighted by Gasteiger charge is -2.27. The highest BCUT2D eigenvalue weighted by Crippen LogP contribution is 2.40. The second kappa shape index (κ2) is 6.04. The van der Waals surface area contributed by atoms with Gasteiger partial charge in [0.05, 0.1) is 12.7 Å². The van der Waals surface area contributed by atoms with Crippen LogP contribution in [-0.4, -0.2) is 23.6 Å². The molecule has 106 valence electrons. The maximum Gasteiger partial charge on any atom is 0.192 e. The van der Waals surface area contributed by atoms with E-state index in [2.05, 4.69) is 13.8 Å². The van der Waals surface area contributed by atoms with Crippen molar-refractivity contribution in [2.45, 2.75) is 45.7 Å². The molecule has 3 nitrogen and oxygen atoms in total. The minimum atomic E-state index is -1.14. The first-order valence-electron chi connectivity index (χ1n) is 7.08. The number of aliphatic hydroxyl groups is 1. The molecule has 2 rings (SSSR count). The lowest BCUT2D eigenvalue weighted by atomic mass is 9.88. The molecule has 0 spiro atoms. The smallest absolute Gasteiger partial charge is 0.192 e. The van der Waals surface area contributed by atoms with Crippen molar-refractivity contribution in [2.75, 3.05) is 6.61 Å². The van der Waals surface area contributed by atoms with E-state index >= 15 is 0 Å². The Bertz CT molecular complexity index is 392. The normalized spacial score (nSPS) is 34.6. The van der Waals surface area contributed by atoms with Crippen molar-refractivity contribution in [1.29, 1.82) is 0 Å². The average Bonchev–Trinajstić information content (AvgIpc) is 2.65. The molecular weight excluding hydrogens is 240 g/mol. The zero-order valence-electron chi connectivity index (χ0n) is 12.0. The third kappa shape index (κ3) is 3.16. The van der Waals surface area contributed by atoms with Crippen LogP contribution in [0.5, 0.6) is 0 Å². The second-order valence-electron chi connectivity index (χ2n) is 5.54. The van der Waals surface area contributed by atoms with E-state index in [-0.39, 0.29) is 18.6 Å². The van der Waals surface area contributed by atoms with Gasteiger partial charge in [0, 0.05) is 5.92 Å². The molecule has 19 heavy (non-hydrogen) atoms. The Morgan fingerprint density at radius 1 is 1.26 bits per heavy atom. The summed E-state index contributed by atoms with van der Waals surface area (Å²) in [4.78, 5) is 0. The Hall–Kier alpha value is -0.900. The van der Waals surface area contributed by atoms with Crippen molar-refractivity contribution >= 4 is 0 Å². The zero-order chi connectivity index (χ0) is 13.9. The average molecular weight is 264 g/mol. The summed E-state index contributed by atoms with van der Waals surface area (Å²) in [5, 5.41) is 10.6. The molecule has 3 heteroatoms. The summed E-state index contributed by atoms with van der Waals surface area (Å²) < 4.78 is 11.4. The van der Waals surface area contributed by atoms with E-state index in [1.54, 1.807) is 0 Å². The highest BCUT2D eigenvalue weighted by Gasteiger charge is 2.49. The summed E-state index contributed by atoms with van der Waals surface area (Å²) >= 11 is 0. The van der Waals surface area contributed by atoms with Gasteiger partial charge in [-0.2, -0.15) is 0 Å². The molecule has 1 aromatic rings. The van der Waals surface area contributed by atoms with Crippen LogP contribution in [0.1, 0.15) is 32.8 Å². The lowest BCUT2D eigenvalue weighted by molar-refractivity contribution is -0.239. The molecule has 0 saturated carbocycles. The predicted octanol–water partition coefficient (Wildman–Crippen LogP) is 2.97. The molecule has 0 radical (unpaired) electrons. The second-order valence-corrected chi connectivity index (χ2v) is 5.54. The lowest BCUT2D eigenvalue weighted by Crippen LogP contribution is -2.40. The topological polar surface area (TPSA) is 38.7 Å². The van der Waals surface area contributed by atoms with Gasteiger partial charge in [-0.05, 0) is 17.9 Å². The maximum absolute atomic E-state index is 10.6. The van der Waals surface area contributed by atoms with Gasteiger partial charge in [0.15, 0.2) is 5.79 Å². The fourth-order valence-electron chi connectivity index (χ4n) is 2.72. The van der Waals surface area contributed by atoms with Crippen LogP contribution in [0.3, 0.4) is 0 Å². The molecule has 1 heterocycles. The van der Waals surface area contributed by atoms with Crippen molar-refractivity contribution in [2.24, 2.45) is 11.8 Å². The minimum Gasteiger partial charge on any atom is -0.371 e. The van der Waals surface area contributed by atoms with Gasteiger partial charge in [-0.1, -0.05) is 51.1 Å². The van der Waals surface area contributed by atoms with E-state index in [0.717, 1.165) is 12.0 Å². The van der Waals surface area contributed by atoms with Gasteiger partial charge in [-0.25, -0.2) is 0 Å². The van der Waals surface area contributed by atoms with E-state index < -0.39 is 5.79 Å². The summed E-state index contributed by atoms with van der Waals surface area (Å²) in [5.41, 5.74) is 1.11. The quantitative estimate of drug-likeness (QED) is 0.888. The monoisotopic (exact) mass is 264 g/mol. The van der Waals surface area contributed by atoms with Gasteiger partial charge in [-0.15, -0.1) is 0 Å². The van der Waals surface area contributed by atoms with Crippen molar-refractivity contribution in [1.82, 2.24) is 0 Å². The minimum absolute atomic E-state index is 0.0909. The maximum atomic E-state index is 10.6. The molecule has 0 aliphatic carbocycles. The third-order valence-corrected chi connectivity index (χ3v) is 4.26. The molecule has 1 N–H and O–H groups in total. The van der Waals surface area contributed by atoms with Gasteiger partial charge in [0.1, 0.15) is 6.61 Å². The van der Waals surface area contributed by atoms with Gasteiger partial charge in [0.2, 0.25) is 0 Å². The van der Waals surface area contributed by atoms with Crippen molar-refractivity contribution in [3.05, 3.63) is 35.9 Å². The van der Waals surface area contributed by atoms with E-state index in [4.69, 9.17) is 9.47 Å². The van der Waals surface area contributed by atoms with Gasteiger partial charge >= 0.3 is 0 Å². The van der Waals surface area contributed by atoms with Gasteiger partial charge in [-0.3, -0.25) is 0 Å². The molecule has 1 aliphatic rings. The fraction of sp³-hybridized carbons (Fsp3) is 0.625. The molecule has 2 unspecified atom stereocenters. The van der Waals surface area contributed by atoms with Crippen LogP contribution < -0.4 is 0 Å². The molecule has 1 aromatic carbocycles.